The van der Waals surface area contributed by atoms with Crippen molar-refractivity contribution in [2.45, 2.75) is 13.0 Å². The predicted octanol–water partition coefficient (Wildman–Crippen LogP) is 2.77. The molecular weight excluding hydrogens is 420 g/mol. The van der Waals surface area contributed by atoms with Crippen molar-refractivity contribution in [1.29, 1.82) is 0 Å². The zero-order chi connectivity index (χ0) is 23.2. The Morgan fingerprint density at radius 3 is 2.64 bits per heavy atom. The van der Waals surface area contributed by atoms with E-state index in [9.17, 15) is 9.59 Å². The summed E-state index contributed by atoms with van der Waals surface area (Å²) in [4.78, 5) is 26.2. The number of aromatic nitrogens is 3. The molecule has 2 aromatic carbocycles. The van der Waals surface area contributed by atoms with E-state index >= 15 is 0 Å². The Morgan fingerprint density at radius 2 is 1.88 bits per heavy atom. The molecule has 0 unspecified atom stereocenters. The fourth-order valence-corrected chi connectivity index (χ4v) is 3.64. The molecule has 0 aromatic heterocycles. The number of hydrogen-bond donors (Lipinski definition) is 1. The molecule has 1 amide bonds. The van der Waals surface area contributed by atoms with Crippen LogP contribution in [0.3, 0.4) is 0 Å². The van der Waals surface area contributed by atoms with Gasteiger partial charge >= 0.3 is 0 Å². The highest BCUT2D eigenvalue weighted by Crippen LogP contribution is 2.22. The van der Waals surface area contributed by atoms with Gasteiger partial charge in [-0.15, -0.1) is 0 Å². The monoisotopic (exact) mass is 446 g/mol. The van der Waals surface area contributed by atoms with Crippen LogP contribution in [0.1, 0.15) is 15.9 Å². The number of amides is 1. The standard InChI is InChI=1S/C25H26N4O4/c1-32-14-13-28-16-21(24(30)26-12-11-18-7-6-10-20(15-18)33-2)23-22(17-28)25(31)29(27-23)19-8-4-3-5-9-19/h3-10,15-17H,11-14H2,1-2H3,(H,26,30). The van der Waals surface area contributed by atoms with E-state index in [0.717, 1.165) is 11.3 Å². The number of benzene rings is 2. The second-order valence-corrected chi connectivity index (χ2v) is 7.57. The van der Waals surface area contributed by atoms with Crippen LogP contribution in [0.2, 0.25) is 0 Å². The molecule has 0 spiro atoms. The lowest BCUT2D eigenvalue weighted by Crippen LogP contribution is -2.27. The van der Waals surface area contributed by atoms with Crippen molar-refractivity contribution in [3.05, 3.63) is 88.5 Å². The number of para-hydroxylation sites is 1. The zero-order valence-corrected chi connectivity index (χ0v) is 18.7. The van der Waals surface area contributed by atoms with Crippen LogP contribution in [0.4, 0.5) is 0 Å². The molecular formula is C25H26N4O4. The van der Waals surface area contributed by atoms with Gasteiger partial charge in [0.25, 0.3) is 11.5 Å². The summed E-state index contributed by atoms with van der Waals surface area (Å²) in [5.74, 6) is 0.490. The van der Waals surface area contributed by atoms with Gasteiger partial charge in [-0.25, -0.2) is 0 Å². The van der Waals surface area contributed by atoms with Crippen LogP contribution in [-0.4, -0.2) is 47.6 Å². The number of carbonyl (C=O) groups is 1. The van der Waals surface area contributed by atoms with Gasteiger partial charge in [0.05, 0.1) is 30.5 Å². The van der Waals surface area contributed by atoms with E-state index in [1.165, 1.54) is 4.68 Å². The van der Waals surface area contributed by atoms with Gasteiger partial charge in [0.1, 0.15) is 11.4 Å². The highest BCUT2D eigenvalue weighted by atomic mass is 16.5. The van der Waals surface area contributed by atoms with E-state index in [-0.39, 0.29) is 11.5 Å². The maximum Gasteiger partial charge on any atom is 0.282 e. The molecule has 0 saturated heterocycles. The van der Waals surface area contributed by atoms with Crippen LogP contribution in [0, 0.1) is 0 Å². The summed E-state index contributed by atoms with van der Waals surface area (Å²) in [5, 5.41) is 7.45. The van der Waals surface area contributed by atoms with Crippen molar-refractivity contribution >= 4 is 5.91 Å². The first-order valence-corrected chi connectivity index (χ1v) is 10.7. The van der Waals surface area contributed by atoms with Gasteiger partial charge in [-0.1, -0.05) is 30.3 Å². The fourth-order valence-electron chi connectivity index (χ4n) is 3.64. The van der Waals surface area contributed by atoms with Crippen LogP contribution < -0.4 is 15.6 Å². The Bertz CT molecular complexity index is 1260. The molecule has 0 radical (unpaired) electrons. The van der Waals surface area contributed by atoms with E-state index in [2.05, 4.69) is 10.4 Å². The van der Waals surface area contributed by atoms with E-state index in [1.54, 1.807) is 43.3 Å². The number of pyridine rings is 1. The lowest BCUT2D eigenvalue weighted by molar-refractivity contribution is 0.0953. The molecule has 2 aromatic rings. The fraction of sp³-hybridized carbons (Fsp3) is 0.240. The predicted molar refractivity (Wildman–Crippen MR) is 125 cm³/mol. The van der Waals surface area contributed by atoms with Gasteiger partial charge in [0, 0.05) is 32.6 Å². The SMILES string of the molecule is COCCn1cc(C(=O)NCCc2cccc(OC)c2)c2nn(-c3ccccc3)c(=O)c-2c1. The number of nitrogens with one attached hydrogen (secondary N) is 1. The number of fused-ring (bicyclic) bond motifs is 1. The Hall–Kier alpha value is -3.91. The smallest absolute Gasteiger partial charge is 0.282 e. The number of carbonyl (C=O) groups excluding carboxylic acids is 1. The second kappa shape index (κ2) is 10.1. The molecule has 2 heterocycles. The lowest BCUT2D eigenvalue weighted by Gasteiger charge is -2.13. The van der Waals surface area contributed by atoms with Crippen molar-refractivity contribution in [2.75, 3.05) is 27.4 Å². The van der Waals surface area contributed by atoms with Crippen LogP contribution in [0.15, 0.2) is 71.8 Å². The molecule has 4 rings (SSSR count). The third-order valence-electron chi connectivity index (χ3n) is 5.36. The minimum absolute atomic E-state index is 0.270. The molecule has 1 N–H and O–H groups in total. The van der Waals surface area contributed by atoms with Crippen molar-refractivity contribution < 1.29 is 14.3 Å². The summed E-state index contributed by atoms with van der Waals surface area (Å²) < 4.78 is 13.5. The summed E-state index contributed by atoms with van der Waals surface area (Å²) in [6.45, 7) is 1.39. The molecule has 2 aliphatic rings. The van der Waals surface area contributed by atoms with Crippen LogP contribution in [0.25, 0.3) is 16.9 Å². The molecule has 0 saturated carbocycles. The maximum atomic E-state index is 13.1. The Kier molecular flexibility index (Phi) is 6.85. The Morgan fingerprint density at radius 1 is 1.06 bits per heavy atom. The average molecular weight is 447 g/mol. The third-order valence-corrected chi connectivity index (χ3v) is 5.36. The first kappa shape index (κ1) is 22.3. The van der Waals surface area contributed by atoms with Crippen molar-refractivity contribution in [2.24, 2.45) is 0 Å². The molecule has 2 aliphatic heterocycles. The normalized spacial score (nSPS) is 11.0. The number of nitrogens with zero attached hydrogens (tertiary/aromatic N) is 3. The van der Waals surface area contributed by atoms with Gasteiger partial charge < -0.3 is 19.4 Å². The van der Waals surface area contributed by atoms with Crippen LogP contribution >= 0.6 is 0 Å². The van der Waals surface area contributed by atoms with Gasteiger partial charge in [-0.05, 0) is 36.2 Å². The summed E-state index contributed by atoms with van der Waals surface area (Å²) >= 11 is 0. The highest BCUT2D eigenvalue weighted by molar-refractivity contribution is 5.99. The quantitative estimate of drug-likeness (QED) is 0.427. The van der Waals surface area contributed by atoms with Crippen LogP contribution in [-0.2, 0) is 17.7 Å². The first-order valence-electron chi connectivity index (χ1n) is 10.7. The lowest BCUT2D eigenvalue weighted by atomic mass is 10.1. The van der Waals surface area contributed by atoms with Gasteiger partial charge in [0.15, 0.2) is 0 Å². The molecule has 8 nitrogen and oxygen atoms in total. The molecule has 0 aliphatic carbocycles. The summed E-state index contributed by atoms with van der Waals surface area (Å²) in [5.41, 5.74) is 2.53. The van der Waals surface area contributed by atoms with Gasteiger partial charge in [-0.3, -0.25) is 9.59 Å². The number of ether oxygens (including phenoxy) is 2. The summed E-state index contributed by atoms with van der Waals surface area (Å²) in [7, 11) is 3.23. The summed E-state index contributed by atoms with van der Waals surface area (Å²) in [6.07, 6.45) is 4.08. The van der Waals surface area contributed by atoms with Gasteiger partial charge in [0.2, 0.25) is 0 Å². The molecule has 8 heteroatoms. The number of hydrogen-bond acceptors (Lipinski definition) is 5. The van der Waals surface area contributed by atoms with Crippen LogP contribution in [0.5, 0.6) is 5.75 Å². The van der Waals surface area contributed by atoms with E-state index in [0.29, 0.717) is 48.6 Å². The minimum Gasteiger partial charge on any atom is -0.497 e. The van der Waals surface area contributed by atoms with Gasteiger partial charge in [-0.2, -0.15) is 9.78 Å². The van der Waals surface area contributed by atoms with E-state index in [4.69, 9.17) is 9.47 Å². The topological polar surface area (TPSA) is 87.4 Å². The van der Waals surface area contributed by atoms with Crippen molar-refractivity contribution in [3.8, 4) is 22.7 Å². The first-order chi connectivity index (χ1) is 16.1. The van der Waals surface area contributed by atoms with E-state index in [1.807, 2.05) is 42.5 Å². The highest BCUT2D eigenvalue weighted by Gasteiger charge is 2.24. The van der Waals surface area contributed by atoms with Crippen molar-refractivity contribution in [1.82, 2.24) is 19.7 Å². The largest absolute Gasteiger partial charge is 0.497 e. The van der Waals surface area contributed by atoms with E-state index < -0.39 is 0 Å². The molecule has 0 fully saturated rings. The average Bonchev–Trinajstić information content (AvgIpc) is 3.19. The Balaban J connectivity index is 1.62. The number of methoxy groups -OCH3 is 2. The number of rotatable bonds is 9. The molecule has 0 atom stereocenters. The third kappa shape index (κ3) is 4.96. The maximum absolute atomic E-state index is 13.1. The molecule has 170 valence electrons. The van der Waals surface area contributed by atoms with Crippen molar-refractivity contribution in [3.63, 3.8) is 0 Å². The molecule has 0 bridgehead atoms. The minimum atomic E-state index is -0.285. The second-order valence-electron chi connectivity index (χ2n) is 7.57. The summed E-state index contributed by atoms with van der Waals surface area (Å²) in [6, 6.07) is 16.9. The zero-order valence-electron chi connectivity index (χ0n) is 18.7. The molecule has 33 heavy (non-hydrogen) atoms. The Labute approximate surface area is 191 Å².